The van der Waals surface area contributed by atoms with Crippen molar-refractivity contribution >= 4 is 23.6 Å². The average molecular weight is 525 g/mol. The van der Waals surface area contributed by atoms with Crippen molar-refractivity contribution in [3.63, 3.8) is 0 Å². The Hall–Kier alpha value is -3.45. The fourth-order valence-corrected chi connectivity index (χ4v) is 4.63. The molecule has 2 aliphatic heterocycles. The third kappa shape index (κ3) is 4.01. The highest BCUT2D eigenvalue weighted by Gasteiger charge is 2.51. The molecule has 9 nitrogen and oxygen atoms in total. The second-order valence-electron chi connectivity index (χ2n) is 8.76. The number of alkyl halides is 4. The number of allylic oxidation sites excluding steroid dienone is 1. The lowest BCUT2D eigenvalue weighted by molar-refractivity contribution is -0.150. The molecule has 3 aromatic heterocycles. The second-order valence-corrected chi connectivity index (χ2v) is 9.17. The van der Waals surface area contributed by atoms with Crippen molar-refractivity contribution in [3.05, 3.63) is 47.3 Å². The van der Waals surface area contributed by atoms with Crippen LogP contribution in [-0.4, -0.2) is 57.2 Å². The topological polar surface area (TPSA) is 106 Å². The number of halogens is 5. The van der Waals surface area contributed by atoms with Gasteiger partial charge in [0.15, 0.2) is 5.82 Å². The molecule has 36 heavy (non-hydrogen) atoms. The van der Waals surface area contributed by atoms with Crippen LogP contribution in [0, 0.1) is 10.8 Å². The molecule has 0 aromatic carbocycles. The number of aromatic nitrogens is 5. The van der Waals surface area contributed by atoms with Gasteiger partial charge in [-0.2, -0.15) is 8.78 Å². The molecule has 0 atom stereocenters. The first-order valence-corrected chi connectivity index (χ1v) is 11.2. The molecule has 1 fully saturated rings. The average Bonchev–Trinajstić information content (AvgIpc) is 3.39. The third-order valence-electron chi connectivity index (χ3n) is 6.21. The van der Waals surface area contributed by atoms with Crippen molar-refractivity contribution in [2.75, 3.05) is 25.6 Å². The molecule has 0 amide bonds. The van der Waals surface area contributed by atoms with Gasteiger partial charge in [0.2, 0.25) is 5.82 Å². The van der Waals surface area contributed by atoms with Crippen LogP contribution in [0.3, 0.4) is 0 Å². The summed E-state index contributed by atoms with van der Waals surface area (Å²) in [7, 11) is 1.69. The van der Waals surface area contributed by atoms with E-state index in [-0.39, 0.29) is 25.6 Å². The fraction of sp³-hybridized carbons (Fsp3) is 0.364. The van der Waals surface area contributed by atoms with Crippen molar-refractivity contribution < 1.29 is 22.3 Å². The van der Waals surface area contributed by atoms with Crippen LogP contribution in [0.1, 0.15) is 5.82 Å². The maximum Gasteiger partial charge on any atom is 0.365 e. The number of fused-ring (bicyclic) bond motifs is 3. The van der Waals surface area contributed by atoms with Gasteiger partial charge in [-0.25, -0.2) is 13.8 Å². The van der Waals surface area contributed by atoms with Crippen molar-refractivity contribution in [2.24, 2.45) is 5.41 Å². The Morgan fingerprint density at radius 2 is 2.06 bits per heavy atom. The SMILES string of the molecule is CN/C(=C\C=N)Nc1cc(-c2cc3n(c2)CC2(COC2)Cn2c-3nnc2C(F)(F)C(F)F)c(Cl)cn1. The van der Waals surface area contributed by atoms with Gasteiger partial charge in [0, 0.05) is 49.9 Å². The van der Waals surface area contributed by atoms with E-state index >= 15 is 0 Å². The van der Waals surface area contributed by atoms with E-state index < -0.39 is 23.6 Å². The molecule has 0 aliphatic carbocycles. The minimum atomic E-state index is -4.45. The highest BCUT2D eigenvalue weighted by Crippen LogP contribution is 2.43. The summed E-state index contributed by atoms with van der Waals surface area (Å²) in [5, 5.41) is 20.9. The van der Waals surface area contributed by atoms with Gasteiger partial charge in [-0.05, 0) is 18.2 Å². The van der Waals surface area contributed by atoms with Gasteiger partial charge in [0.05, 0.1) is 29.3 Å². The van der Waals surface area contributed by atoms with Crippen molar-refractivity contribution in [3.8, 4) is 22.6 Å². The van der Waals surface area contributed by atoms with Crippen LogP contribution in [0.5, 0.6) is 0 Å². The highest BCUT2D eigenvalue weighted by atomic mass is 35.5. The smallest absolute Gasteiger partial charge is 0.365 e. The minimum Gasteiger partial charge on any atom is -0.380 e. The number of anilines is 1. The van der Waals surface area contributed by atoms with Crippen LogP contribution >= 0.6 is 11.6 Å². The van der Waals surface area contributed by atoms with E-state index in [1.165, 1.54) is 12.3 Å². The summed E-state index contributed by atoms with van der Waals surface area (Å²) in [6, 6.07) is 3.41. The molecule has 0 unspecified atom stereocenters. The first-order valence-electron chi connectivity index (χ1n) is 10.9. The molecule has 1 saturated heterocycles. The first kappa shape index (κ1) is 24.3. The first-order chi connectivity index (χ1) is 17.2. The zero-order valence-electron chi connectivity index (χ0n) is 18.9. The van der Waals surface area contributed by atoms with Crippen LogP contribution < -0.4 is 10.6 Å². The Labute approximate surface area is 207 Å². The highest BCUT2D eigenvalue weighted by molar-refractivity contribution is 6.33. The summed E-state index contributed by atoms with van der Waals surface area (Å²) in [6.07, 6.45) is 1.97. The van der Waals surface area contributed by atoms with E-state index in [1.54, 1.807) is 19.2 Å². The number of ether oxygens (including phenoxy) is 1. The van der Waals surface area contributed by atoms with Gasteiger partial charge >= 0.3 is 12.3 Å². The summed E-state index contributed by atoms with van der Waals surface area (Å²) in [4.78, 5) is 4.26. The number of pyridine rings is 1. The van der Waals surface area contributed by atoms with Crippen LogP contribution in [-0.2, 0) is 23.7 Å². The monoisotopic (exact) mass is 524 g/mol. The predicted molar refractivity (Wildman–Crippen MR) is 124 cm³/mol. The summed E-state index contributed by atoms with van der Waals surface area (Å²) >= 11 is 6.45. The van der Waals surface area contributed by atoms with E-state index in [1.807, 2.05) is 10.8 Å². The molecular formula is C22H21ClF4N8O. The van der Waals surface area contributed by atoms with Gasteiger partial charge in [-0.3, -0.25) is 0 Å². The molecule has 3 N–H and O–H groups in total. The summed E-state index contributed by atoms with van der Waals surface area (Å²) in [5.41, 5.74) is 1.12. The quantitative estimate of drug-likeness (QED) is 0.319. The van der Waals surface area contributed by atoms with Crippen LogP contribution in [0.4, 0.5) is 23.4 Å². The largest absolute Gasteiger partial charge is 0.380 e. The maximum atomic E-state index is 14.4. The molecule has 0 bridgehead atoms. The number of rotatable bonds is 7. The Morgan fingerprint density at radius 1 is 1.28 bits per heavy atom. The van der Waals surface area contributed by atoms with Gasteiger partial charge in [-0.1, -0.05) is 11.6 Å². The zero-order chi connectivity index (χ0) is 25.7. The minimum absolute atomic E-state index is 0.0280. The van der Waals surface area contributed by atoms with Crippen LogP contribution in [0.2, 0.25) is 5.02 Å². The number of nitrogens with zero attached hydrogens (tertiary/aromatic N) is 5. The third-order valence-corrected chi connectivity index (χ3v) is 6.51. The molecule has 1 spiro atoms. The van der Waals surface area contributed by atoms with E-state index in [4.69, 9.17) is 21.7 Å². The molecule has 2 aliphatic rings. The van der Waals surface area contributed by atoms with Gasteiger partial charge in [0.25, 0.3) is 0 Å². The predicted octanol–water partition coefficient (Wildman–Crippen LogP) is 3.97. The standard InChI is InChI=1S/C22H21ClF4N8O/c1-29-16(2-3-28)31-17-5-13(14(23)6-30-17)12-4-15-18-32-33-20(22(26,27)19(24)25)35(18)9-21(10-36-11-21)8-34(15)7-12/h2-7,19,28-29H,8-11H2,1H3,(H,30,31)/b16-2+,28-3?. The van der Waals surface area contributed by atoms with Crippen LogP contribution in [0.25, 0.3) is 22.6 Å². The maximum absolute atomic E-state index is 14.4. The molecule has 3 aromatic rings. The van der Waals surface area contributed by atoms with Crippen LogP contribution in [0.15, 0.2) is 36.4 Å². The van der Waals surface area contributed by atoms with E-state index in [0.717, 1.165) is 10.8 Å². The van der Waals surface area contributed by atoms with Crippen molar-refractivity contribution in [2.45, 2.75) is 25.4 Å². The van der Waals surface area contributed by atoms with Crippen molar-refractivity contribution in [1.82, 2.24) is 29.6 Å². The van der Waals surface area contributed by atoms with E-state index in [0.29, 0.717) is 40.0 Å². The van der Waals surface area contributed by atoms with E-state index in [9.17, 15) is 17.6 Å². The van der Waals surface area contributed by atoms with Gasteiger partial charge in [0.1, 0.15) is 11.6 Å². The molecule has 5 heterocycles. The molecule has 5 rings (SSSR count). The Bertz CT molecular complexity index is 1350. The molecule has 0 radical (unpaired) electrons. The molecule has 190 valence electrons. The zero-order valence-corrected chi connectivity index (χ0v) is 19.7. The lowest BCUT2D eigenvalue weighted by Crippen LogP contribution is -2.48. The fourth-order valence-electron chi connectivity index (χ4n) is 4.42. The lowest BCUT2D eigenvalue weighted by atomic mass is 9.85. The number of hydrogen-bond donors (Lipinski definition) is 3. The van der Waals surface area contributed by atoms with Gasteiger partial charge < -0.3 is 29.9 Å². The number of hydrogen-bond acceptors (Lipinski definition) is 7. The number of nitrogens with one attached hydrogen (secondary N) is 3. The molecular weight excluding hydrogens is 504 g/mol. The Balaban J connectivity index is 1.60. The summed E-state index contributed by atoms with van der Waals surface area (Å²) < 4.78 is 63.4. The lowest BCUT2D eigenvalue weighted by Gasteiger charge is -2.41. The normalized spacial score (nSPS) is 16.8. The summed E-state index contributed by atoms with van der Waals surface area (Å²) in [6.45, 7) is 1.01. The Morgan fingerprint density at radius 3 is 2.69 bits per heavy atom. The van der Waals surface area contributed by atoms with Crippen molar-refractivity contribution in [1.29, 1.82) is 5.41 Å². The van der Waals surface area contributed by atoms with Gasteiger partial charge in [-0.15, -0.1) is 10.2 Å². The summed E-state index contributed by atoms with van der Waals surface area (Å²) in [5.74, 6) is -4.47. The Kier molecular flexibility index (Phi) is 5.99. The molecule has 14 heteroatoms. The van der Waals surface area contributed by atoms with E-state index in [2.05, 4.69) is 25.8 Å². The molecule has 0 saturated carbocycles. The second kappa shape index (κ2) is 8.89.